The highest BCUT2D eigenvalue weighted by Gasteiger charge is 2.36. The number of methoxy groups -OCH3 is 1. The van der Waals surface area contributed by atoms with Crippen LogP contribution < -0.4 is 0 Å². The van der Waals surface area contributed by atoms with Crippen molar-refractivity contribution in [2.24, 2.45) is 29.6 Å². The highest BCUT2D eigenvalue weighted by atomic mass is 16.5. The third-order valence-corrected chi connectivity index (χ3v) is 4.66. The minimum absolute atomic E-state index is 0. The summed E-state index contributed by atoms with van der Waals surface area (Å²) in [7, 11) is 1.83. The van der Waals surface area contributed by atoms with Gasteiger partial charge in [0.2, 0.25) is 0 Å². The fourth-order valence-corrected chi connectivity index (χ4v) is 3.13. The highest BCUT2D eigenvalue weighted by molar-refractivity contribution is 4.85. The second-order valence-corrected chi connectivity index (χ2v) is 5.20. The quantitative estimate of drug-likeness (QED) is 0.267. The molecule has 47 heavy (non-hydrogen) atoms. The second-order valence-electron chi connectivity index (χ2n) is 5.20. The van der Waals surface area contributed by atoms with E-state index in [1.165, 1.54) is 12.8 Å². The standard InChI is InChI=1S/C13H26O.23CH4.10H2O/c1-6-12-7-13(8-14-5)11(4)9(2)10(12)3;;;;;;;;;;;;;;;;;;;;;;;;;;;;;;;;;/h9-13H,6-8H2,1-5H3;23*1H4;10*1H2/t9-,10-,11-,12+,13-;;;;;;;;;;;;;;;;;;;;;;;;;;;;;;;;;/m1................................./s1. The Bertz CT molecular complexity index is 194. The summed E-state index contributed by atoms with van der Waals surface area (Å²) in [4.78, 5) is 0. The van der Waals surface area contributed by atoms with Gasteiger partial charge >= 0.3 is 0 Å². The number of ether oxygens (including phenoxy) is 1. The predicted octanol–water partition coefficient (Wildman–Crippen LogP) is 9.97. The fraction of sp³-hybridized carbons (Fsp3) is 1.00. The molecule has 1 aliphatic rings. The van der Waals surface area contributed by atoms with E-state index < -0.39 is 0 Å². The Morgan fingerprint density at radius 2 is 0.511 bits per heavy atom. The van der Waals surface area contributed by atoms with Crippen LogP contribution in [0.3, 0.4) is 0 Å². The van der Waals surface area contributed by atoms with E-state index in [9.17, 15) is 0 Å². The first-order valence-electron chi connectivity index (χ1n) is 6.10. The average Bonchev–Trinajstić information content (AvgIpc) is 2.19. The third kappa shape index (κ3) is 143. The van der Waals surface area contributed by atoms with Crippen molar-refractivity contribution < 1.29 is 59.5 Å². The molecular formula is C36H138O11. The largest absolute Gasteiger partial charge is 0.412 e. The molecule has 1 saturated carbocycles. The molecule has 1 aliphatic carbocycles. The molecule has 0 heterocycles. The number of hydrogen-bond donors (Lipinski definition) is 0. The summed E-state index contributed by atoms with van der Waals surface area (Å²) in [5.41, 5.74) is 0. The first-order valence-corrected chi connectivity index (χ1v) is 6.10. The molecule has 0 saturated heterocycles. The molecule has 0 spiro atoms. The molecule has 0 aromatic rings. The summed E-state index contributed by atoms with van der Waals surface area (Å²) >= 11 is 0. The van der Waals surface area contributed by atoms with E-state index in [-0.39, 0.29) is 226 Å². The molecule has 1 fully saturated rings. The van der Waals surface area contributed by atoms with E-state index in [2.05, 4.69) is 27.7 Å². The van der Waals surface area contributed by atoms with Crippen molar-refractivity contribution in [3.05, 3.63) is 0 Å². The van der Waals surface area contributed by atoms with Gasteiger partial charge in [-0.05, 0) is 36.0 Å². The van der Waals surface area contributed by atoms with Gasteiger partial charge < -0.3 is 59.5 Å². The zero-order valence-corrected chi connectivity index (χ0v) is 15.4. The van der Waals surface area contributed by atoms with Crippen LogP contribution in [-0.2, 0) is 4.74 Å². The minimum Gasteiger partial charge on any atom is -0.412 e. The lowest BCUT2D eigenvalue weighted by molar-refractivity contribution is 0.0172. The van der Waals surface area contributed by atoms with Gasteiger partial charge in [-0.15, -0.1) is 0 Å². The number of rotatable bonds is 3. The molecule has 0 amide bonds. The van der Waals surface area contributed by atoms with Gasteiger partial charge in [-0.1, -0.05) is 205 Å². The summed E-state index contributed by atoms with van der Waals surface area (Å²) in [6, 6.07) is 0. The average molecular weight is 747 g/mol. The Morgan fingerprint density at radius 3 is 0.660 bits per heavy atom. The monoisotopic (exact) mass is 747 g/mol. The van der Waals surface area contributed by atoms with Crippen molar-refractivity contribution in [3.8, 4) is 0 Å². The van der Waals surface area contributed by atoms with Crippen molar-refractivity contribution in [3.63, 3.8) is 0 Å². The van der Waals surface area contributed by atoms with Gasteiger partial charge in [-0.2, -0.15) is 0 Å². The smallest absolute Gasteiger partial charge is 0.0493 e. The SMILES string of the molecule is C.C.C.C.C.C.C.C.C.C.C.C.C.C.C.C.C.C.C.C.C.C.C.CC[C@H]1C[C@H](COC)[C@H](C)[C@H](C)[C@H]1C.O.O.O.O.O.O.O.O.O.O. The molecule has 20 N–H and O–H groups in total. The van der Waals surface area contributed by atoms with Crippen LogP contribution in [0.25, 0.3) is 0 Å². The third-order valence-electron chi connectivity index (χ3n) is 4.66. The van der Waals surface area contributed by atoms with Crippen LogP contribution in [0.2, 0.25) is 0 Å². The van der Waals surface area contributed by atoms with Gasteiger partial charge in [0.15, 0.2) is 0 Å². The van der Waals surface area contributed by atoms with Crippen LogP contribution >= 0.6 is 0 Å². The van der Waals surface area contributed by atoms with E-state index in [1.807, 2.05) is 7.11 Å². The van der Waals surface area contributed by atoms with E-state index in [0.29, 0.717) is 0 Å². The first-order chi connectivity index (χ1) is 6.61. The second kappa shape index (κ2) is 263. The maximum Gasteiger partial charge on any atom is 0.0493 e. The normalized spacial score (nSPS) is 13.1. The van der Waals surface area contributed by atoms with Crippen molar-refractivity contribution >= 4 is 0 Å². The van der Waals surface area contributed by atoms with Gasteiger partial charge in [0.25, 0.3) is 0 Å². The molecular weight excluding hydrogens is 608 g/mol. The molecule has 0 unspecified atom stereocenters. The van der Waals surface area contributed by atoms with Gasteiger partial charge in [0, 0.05) is 13.7 Å². The molecule has 0 aliphatic heterocycles. The number of hydrogen-bond acceptors (Lipinski definition) is 1. The van der Waals surface area contributed by atoms with Crippen LogP contribution in [0.15, 0.2) is 0 Å². The topological polar surface area (TPSA) is 324 Å². The molecule has 348 valence electrons. The van der Waals surface area contributed by atoms with Gasteiger partial charge in [-0.3, -0.25) is 0 Å². The Hall–Kier alpha value is -0.440. The molecule has 5 atom stereocenters. The van der Waals surface area contributed by atoms with E-state index in [0.717, 1.165) is 36.2 Å². The van der Waals surface area contributed by atoms with Gasteiger partial charge in [0.05, 0.1) is 0 Å². The molecule has 1 rings (SSSR count). The van der Waals surface area contributed by atoms with Gasteiger partial charge in [-0.25, -0.2) is 0 Å². The zero-order chi connectivity index (χ0) is 10.7. The Kier molecular flexibility index (Phi) is 2940. The van der Waals surface area contributed by atoms with Crippen molar-refractivity contribution in [2.45, 2.75) is 211 Å². The lowest BCUT2D eigenvalue weighted by Crippen LogP contribution is -2.37. The van der Waals surface area contributed by atoms with Crippen LogP contribution in [0.1, 0.15) is 211 Å². The summed E-state index contributed by atoms with van der Waals surface area (Å²) in [6.45, 7) is 10.5. The van der Waals surface area contributed by atoms with Crippen molar-refractivity contribution in [2.75, 3.05) is 13.7 Å². The molecule has 0 radical (unpaired) electrons. The summed E-state index contributed by atoms with van der Waals surface area (Å²) in [6.07, 6.45) is 2.70. The fourth-order valence-electron chi connectivity index (χ4n) is 3.13. The Labute approximate surface area is 314 Å². The Balaban J connectivity index is -0.00000000192. The van der Waals surface area contributed by atoms with E-state index in [1.54, 1.807) is 0 Å². The molecule has 0 aromatic heterocycles. The maximum absolute atomic E-state index is 5.33. The van der Waals surface area contributed by atoms with Crippen LogP contribution in [0, 0.1) is 29.6 Å². The van der Waals surface area contributed by atoms with Crippen molar-refractivity contribution in [1.82, 2.24) is 0 Å². The van der Waals surface area contributed by atoms with E-state index in [4.69, 9.17) is 4.74 Å². The Morgan fingerprint density at radius 1 is 0.340 bits per heavy atom. The maximum atomic E-state index is 5.33. The van der Waals surface area contributed by atoms with Crippen molar-refractivity contribution in [1.29, 1.82) is 0 Å². The van der Waals surface area contributed by atoms with Crippen LogP contribution in [-0.4, -0.2) is 68.5 Å². The summed E-state index contributed by atoms with van der Waals surface area (Å²) in [5, 5.41) is 0. The first kappa shape index (κ1) is 526. The zero-order valence-electron chi connectivity index (χ0n) is 15.4. The lowest BCUT2D eigenvalue weighted by Gasteiger charge is -2.43. The van der Waals surface area contributed by atoms with Crippen LogP contribution in [0.4, 0.5) is 0 Å². The van der Waals surface area contributed by atoms with E-state index >= 15 is 0 Å². The highest BCUT2D eigenvalue weighted by Crippen LogP contribution is 2.43. The molecule has 0 bridgehead atoms. The molecule has 11 heteroatoms. The minimum atomic E-state index is 0. The molecule has 0 aromatic carbocycles. The van der Waals surface area contributed by atoms with Crippen LogP contribution in [0.5, 0.6) is 0 Å². The molecule has 11 nitrogen and oxygen atoms in total. The van der Waals surface area contributed by atoms with Gasteiger partial charge in [0.1, 0.15) is 0 Å². The summed E-state index contributed by atoms with van der Waals surface area (Å²) < 4.78 is 5.33. The summed E-state index contributed by atoms with van der Waals surface area (Å²) in [5.74, 6) is 4.28. The lowest BCUT2D eigenvalue weighted by atomic mass is 9.63. The predicted molar refractivity (Wildman–Crippen MR) is 252 cm³/mol.